The minimum atomic E-state index is -0.529. The third kappa shape index (κ3) is 4.08. The number of aromatic nitrogens is 1. The lowest BCUT2D eigenvalue weighted by atomic mass is 10.1. The molecule has 1 fully saturated rings. The summed E-state index contributed by atoms with van der Waals surface area (Å²) < 4.78 is 5.43. The Morgan fingerprint density at radius 3 is 2.96 bits per heavy atom. The maximum Gasteiger partial charge on any atom is 0.410 e. The van der Waals surface area contributed by atoms with Crippen LogP contribution >= 0.6 is 11.3 Å². The fraction of sp³-hybridized carbons (Fsp3) is 0.688. The number of rotatable bonds is 3. The van der Waals surface area contributed by atoms with Crippen molar-refractivity contribution in [1.82, 2.24) is 9.88 Å². The summed E-state index contributed by atoms with van der Waals surface area (Å²) in [7, 11) is 0. The van der Waals surface area contributed by atoms with Gasteiger partial charge in [-0.05, 0) is 32.2 Å². The van der Waals surface area contributed by atoms with Gasteiger partial charge in [0.2, 0.25) is 5.91 Å². The van der Waals surface area contributed by atoms with Gasteiger partial charge in [0.25, 0.3) is 0 Å². The molecular weight excluding hydrogens is 356 g/mol. The third-order valence-electron chi connectivity index (χ3n) is 4.21. The van der Waals surface area contributed by atoms with Crippen molar-refractivity contribution in [3.63, 3.8) is 0 Å². The fourth-order valence-corrected chi connectivity index (χ4v) is 4.17. The number of anilines is 1. The minimum absolute atomic E-state index is 0.00163. The van der Waals surface area contributed by atoms with Crippen molar-refractivity contribution in [3.05, 3.63) is 21.0 Å². The summed E-state index contributed by atoms with van der Waals surface area (Å²) in [6, 6.07) is 0. The number of ether oxygens (including phenoxy) is 1. The van der Waals surface area contributed by atoms with Crippen molar-refractivity contribution in [3.8, 4) is 0 Å². The molecular formula is C16H22N6O3S. The van der Waals surface area contributed by atoms with Gasteiger partial charge < -0.3 is 9.64 Å². The Labute approximate surface area is 155 Å². The van der Waals surface area contributed by atoms with Crippen molar-refractivity contribution in [2.75, 3.05) is 24.5 Å². The summed E-state index contributed by atoms with van der Waals surface area (Å²) >= 11 is 1.44. The number of nitrogens with zero attached hydrogens (tertiary/aromatic N) is 6. The highest BCUT2D eigenvalue weighted by molar-refractivity contribution is 7.16. The smallest absolute Gasteiger partial charge is 0.410 e. The highest BCUT2D eigenvalue weighted by Crippen LogP contribution is 2.34. The van der Waals surface area contributed by atoms with Crippen LogP contribution in [0, 0.1) is 5.92 Å². The Bertz CT molecular complexity index is 765. The first kappa shape index (κ1) is 18.5. The lowest BCUT2D eigenvalue weighted by Crippen LogP contribution is -2.39. The summed E-state index contributed by atoms with van der Waals surface area (Å²) in [5, 5.41) is 4.23. The molecule has 1 saturated heterocycles. The molecule has 3 heterocycles. The number of carbonyl (C=O) groups is 2. The zero-order chi connectivity index (χ0) is 18.9. The average Bonchev–Trinajstić information content (AvgIpc) is 3.13. The summed E-state index contributed by atoms with van der Waals surface area (Å²) in [6.45, 7) is 7.37. The van der Waals surface area contributed by atoms with Crippen LogP contribution in [-0.4, -0.2) is 47.1 Å². The zero-order valence-electron chi connectivity index (χ0n) is 15.1. The van der Waals surface area contributed by atoms with E-state index in [4.69, 9.17) is 10.3 Å². The Morgan fingerprint density at radius 2 is 2.27 bits per heavy atom. The van der Waals surface area contributed by atoms with Crippen LogP contribution in [0.3, 0.4) is 0 Å². The van der Waals surface area contributed by atoms with Crippen molar-refractivity contribution in [2.24, 2.45) is 11.0 Å². The first-order chi connectivity index (χ1) is 12.3. The van der Waals surface area contributed by atoms with E-state index in [2.05, 4.69) is 15.0 Å². The van der Waals surface area contributed by atoms with E-state index in [0.717, 1.165) is 10.6 Å². The lowest BCUT2D eigenvalue weighted by Gasteiger charge is -2.29. The second-order valence-corrected chi connectivity index (χ2v) is 8.57. The van der Waals surface area contributed by atoms with E-state index in [1.165, 1.54) is 11.3 Å². The largest absolute Gasteiger partial charge is 0.444 e. The van der Waals surface area contributed by atoms with Crippen LogP contribution in [-0.2, 0) is 22.5 Å². The number of hydrogen-bond donors (Lipinski definition) is 0. The molecule has 1 unspecified atom stereocenters. The molecule has 0 N–H and O–H groups in total. The quantitative estimate of drug-likeness (QED) is 0.457. The van der Waals surface area contributed by atoms with E-state index in [0.29, 0.717) is 44.2 Å². The number of hydrogen-bond acceptors (Lipinski definition) is 6. The van der Waals surface area contributed by atoms with Crippen molar-refractivity contribution < 1.29 is 14.3 Å². The van der Waals surface area contributed by atoms with E-state index >= 15 is 0 Å². The topological polar surface area (TPSA) is 112 Å². The predicted octanol–water partition coefficient (Wildman–Crippen LogP) is 3.10. The van der Waals surface area contributed by atoms with Crippen molar-refractivity contribution >= 4 is 28.5 Å². The molecule has 0 radical (unpaired) electrons. The van der Waals surface area contributed by atoms with Gasteiger partial charge in [-0.25, -0.2) is 9.78 Å². The van der Waals surface area contributed by atoms with Crippen LogP contribution < -0.4 is 4.90 Å². The van der Waals surface area contributed by atoms with Crippen LogP contribution in [0.4, 0.5) is 9.93 Å². The number of azide groups is 1. The molecule has 10 heteroatoms. The van der Waals surface area contributed by atoms with E-state index in [1.54, 1.807) is 9.80 Å². The maximum atomic E-state index is 12.3. The molecule has 2 amide bonds. The molecule has 3 rings (SSSR count). The average molecular weight is 378 g/mol. The molecule has 2 aliphatic rings. The standard InChI is InChI=1S/C16H22N6O3S/c1-16(2,3)25-15(24)21-5-4-11-12(9-21)26-14(19-11)22-8-10(6-13(22)23)7-18-20-17/h10H,4-9H2,1-3H3. The van der Waals surface area contributed by atoms with Crippen molar-refractivity contribution in [1.29, 1.82) is 0 Å². The van der Waals surface area contributed by atoms with E-state index < -0.39 is 5.60 Å². The summed E-state index contributed by atoms with van der Waals surface area (Å²) in [6.07, 6.45) is 0.688. The zero-order valence-corrected chi connectivity index (χ0v) is 16.0. The fourth-order valence-electron chi connectivity index (χ4n) is 3.02. The van der Waals surface area contributed by atoms with Crippen LogP contribution in [0.2, 0.25) is 0 Å². The molecule has 9 nitrogen and oxygen atoms in total. The Morgan fingerprint density at radius 1 is 1.50 bits per heavy atom. The van der Waals surface area contributed by atoms with Gasteiger partial charge in [-0.2, -0.15) is 0 Å². The second-order valence-electron chi connectivity index (χ2n) is 7.51. The highest BCUT2D eigenvalue weighted by Gasteiger charge is 2.34. The number of carbonyl (C=O) groups excluding carboxylic acids is 2. The summed E-state index contributed by atoms with van der Waals surface area (Å²) in [5.41, 5.74) is 8.85. The lowest BCUT2D eigenvalue weighted by molar-refractivity contribution is -0.117. The molecule has 1 aromatic rings. The normalized spacial score (nSPS) is 20.0. The number of amides is 2. The van der Waals surface area contributed by atoms with Gasteiger partial charge >= 0.3 is 6.09 Å². The molecule has 0 aromatic carbocycles. The van der Waals surface area contributed by atoms with Crippen LogP contribution in [0.1, 0.15) is 37.8 Å². The molecule has 0 saturated carbocycles. The van der Waals surface area contributed by atoms with Gasteiger partial charge in [0.05, 0.1) is 12.2 Å². The number of fused-ring (bicyclic) bond motifs is 1. The number of thiazole rings is 1. The van der Waals surface area contributed by atoms with E-state index in [9.17, 15) is 9.59 Å². The van der Waals surface area contributed by atoms with Crippen LogP contribution in [0.25, 0.3) is 10.4 Å². The molecule has 140 valence electrons. The van der Waals surface area contributed by atoms with E-state index in [1.807, 2.05) is 20.8 Å². The Balaban J connectivity index is 1.69. The molecule has 0 aliphatic carbocycles. The molecule has 0 bridgehead atoms. The van der Waals surface area contributed by atoms with Gasteiger partial charge in [-0.3, -0.25) is 9.69 Å². The van der Waals surface area contributed by atoms with Gasteiger partial charge in [-0.15, -0.1) is 0 Å². The highest BCUT2D eigenvalue weighted by atomic mass is 32.1. The Kier molecular flexibility index (Phi) is 5.06. The van der Waals surface area contributed by atoms with Gasteiger partial charge in [0, 0.05) is 42.3 Å². The summed E-state index contributed by atoms with van der Waals surface area (Å²) in [5.74, 6) is 0.0239. The van der Waals surface area contributed by atoms with Gasteiger partial charge in [0.15, 0.2) is 5.13 Å². The Hall–Kier alpha value is -2.32. The van der Waals surface area contributed by atoms with E-state index in [-0.39, 0.29) is 17.9 Å². The van der Waals surface area contributed by atoms with Crippen LogP contribution in [0.5, 0.6) is 0 Å². The first-order valence-corrected chi connectivity index (χ1v) is 9.36. The molecule has 0 spiro atoms. The van der Waals surface area contributed by atoms with Crippen molar-refractivity contribution in [2.45, 2.75) is 45.8 Å². The molecule has 2 aliphatic heterocycles. The minimum Gasteiger partial charge on any atom is -0.444 e. The van der Waals surface area contributed by atoms with Crippen LogP contribution in [0.15, 0.2) is 5.11 Å². The third-order valence-corrected chi connectivity index (χ3v) is 5.32. The molecule has 1 aromatic heterocycles. The predicted molar refractivity (Wildman–Crippen MR) is 96.9 cm³/mol. The SMILES string of the molecule is CC(C)(C)OC(=O)N1CCc2nc(N3CC(CN=[N+]=[N-])CC3=O)sc2C1. The second kappa shape index (κ2) is 7.13. The maximum absolute atomic E-state index is 12.3. The van der Waals surface area contributed by atoms with Gasteiger partial charge in [-0.1, -0.05) is 16.5 Å². The van der Waals surface area contributed by atoms with Gasteiger partial charge in [0.1, 0.15) is 5.60 Å². The molecule has 1 atom stereocenters. The molecule has 26 heavy (non-hydrogen) atoms. The first-order valence-electron chi connectivity index (χ1n) is 8.54. The monoisotopic (exact) mass is 378 g/mol. The summed E-state index contributed by atoms with van der Waals surface area (Å²) in [4.78, 5) is 36.2.